The predicted molar refractivity (Wildman–Crippen MR) is 227 cm³/mol. The second-order valence-corrected chi connectivity index (χ2v) is 15.3. The van der Waals surface area contributed by atoms with Crippen molar-refractivity contribution >= 4 is 29.8 Å². The molecule has 0 saturated heterocycles. The number of carbonyl (C=O) groups excluding carboxylic acids is 5. The minimum Gasteiger partial charge on any atom is -0.487 e. The van der Waals surface area contributed by atoms with Gasteiger partial charge in [0.25, 0.3) is 11.8 Å². The van der Waals surface area contributed by atoms with E-state index >= 15 is 0 Å². The number of esters is 1. The third-order valence-electron chi connectivity index (χ3n) is 9.12. The van der Waals surface area contributed by atoms with Crippen molar-refractivity contribution in [2.75, 3.05) is 65.9 Å². The first-order valence-corrected chi connectivity index (χ1v) is 20.8. The summed E-state index contributed by atoms with van der Waals surface area (Å²) < 4.78 is 40.4. The van der Waals surface area contributed by atoms with Crippen LogP contribution in [-0.2, 0) is 64.2 Å². The molecule has 0 spiro atoms. The second kappa shape index (κ2) is 25.0. The SMILES string of the molecule is CC(C)(C)OC(=O)NCCn1cc(COc2ccc(CC(NC(=O)CCOCCOCCOCCOCCN3C(=O)c4ccccc4C3=O)C(=O)OCc3ccccc3)cc2)nn1. The number of hydrogen-bond donors (Lipinski definition) is 2. The van der Waals surface area contributed by atoms with Crippen molar-refractivity contribution in [3.8, 4) is 5.75 Å². The lowest BCUT2D eigenvalue weighted by Crippen LogP contribution is -2.43. The molecule has 1 aliphatic heterocycles. The van der Waals surface area contributed by atoms with Crippen LogP contribution in [0.3, 0.4) is 0 Å². The first-order chi connectivity index (χ1) is 30.4. The van der Waals surface area contributed by atoms with Crippen molar-refractivity contribution in [3.05, 3.63) is 113 Å². The van der Waals surface area contributed by atoms with E-state index in [4.69, 9.17) is 33.2 Å². The largest absolute Gasteiger partial charge is 0.487 e. The molecular weight excluding hydrogens is 817 g/mol. The summed E-state index contributed by atoms with van der Waals surface area (Å²) in [5.41, 5.74) is 2.43. The maximum atomic E-state index is 13.2. The quantitative estimate of drug-likeness (QED) is 0.0495. The van der Waals surface area contributed by atoms with Gasteiger partial charge in [0.2, 0.25) is 5.91 Å². The first-order valence-electron chi connectivity index (χ1n) is 20.8. The summed E-state index contributed by atoms with van der Waals surface area (Å²) >= 11 is 0. The number of amides is 4. The van der Waals surface area contributed by atoms with E-state index in [-0.39, 0.29) is 70.1 Å². The molecule has 1 aromatic heterocycles. The number of fused-ring (bicyclic) bond motifs is 1. The van der Waals surface area contributed by atoms with E-state index < -0.39 is 23.7 Å². The van der Waals surface area contributed by atoms with Crippen molar-refractivity contribution in [1.82, 2.24) is 30.5 Å². The number of nitrogens with zero attached hydrogens (tertiary/aromatic N) is 4. The third-order valence-corrected chi connectivity index (χ3v) is 9.12. The fourth-order valence-corrected chi connectivity index (χ4v) is 6.03. The molecule has 1 atom stereocenters. The lowest BCUT2D eigenvalue weighted by atomic mass is 10.1. The summed E-state index contributed by atoms with van der Waals surface area (Å²) in [7, 11) is 0. The van der Waals surface area contributed by atoms with Gasteiger partial charge in [-0.3, -0.25) is 24.0 Å². The Hall–Kier alpha value is -6.21. The molecule has 4 aromatic rings. The zero-order valence-electron chi connectivity index (χ0n) is 36.0. The molecule has 4 amide bonds. The van der Waals surface area contributed by atoms with Gasteiger partial charge in [-0.25, -0.2) is 9.59 Å². The number of nitrogens with one attached hydrogen (secondary N) is 2. The zero-order chi connectivity index (χ0) is 44.9. The Bertz CT molecular complexity index is 2040. The van der Waals surface area contributed by atoms with Gasteiger partial charge in [-0.2, -0.15) is 0 Å². The first kappa shape index (κ1) is 47.8. The number of ether oxygens (including phenoxy) is 7. The standard InChI is InChI=1S/C45H56N6O12/c1-45(2,3)63-44(56)46-18-19-50-30-35(48-49-50)32-61-36-15-13-33(14-16-36)29-39(43(55)62-31-34-9-5-4-6-10-34)47-40(52)17-21-57-23-25-59-27-28-60-26-24-58-22-20-51-41(53)37-11-7-8-12-38(37)42(51)54/h4-16,30,39H,17-29,31-32H2,1-3H3,(H,46,56)(H,47,52). The van der Waals surface area contributed by atoms with Crippen molar-refractivity contribution in [1.29, 1.82) is 0 Å². The number of aromatic nitrogens is 3. The van der Waals surface area contributed by atoms with Gasteiger partial charge in [0.05, 0.1) is 83.3 Å². The highest BCUT2D eigenvalue weighted by Gasteiger charge is 2.34. The van der Waals surface area contributed by atoms with Gasteiger partial charge in [0.15, 0.2) is 0 Å². The Morgan fingerprint density at radius 3 is 1.94 bits per heavy atom. The summed E-state index contributed by atoms with van der Waals surface area (Å²) in [4.78, 5) is 64.0. The number of alkyl carbamates (subject to hydrolysis) is 1. The van der Waals surface area contributed by atoms with E-state index in [2.05, 4.69) is 20.9 Å². The number of rotatable bonds is 27. The number of carbonyl (C=O) groups is 5. The maximum absolute atomic E-state index is 13.2. The molecule has 1 unspecified atom stereocenters. The molecule has 0 saturated carbocycles. The van der Waals surface area contributed by atoms with Crippen LogP contribution < -0.4 is 15.4 Å². The molecular formula is C45H56N6O12. The predicted octanol–water partition coefficient (Wildman–Crippen LogP) is 3.91. The lowest BCUT2D eigenvalue weighted by Gasteiger charge is -2.19. The fraction of sp³-hybridized carbons (Fsp3) is 0.444. The smallest absolute Gasteiger partial charge is 0.407 e. The van der Waals surface area contributed by atoms with Crippen molar-refractivity contribution in [2.45, 2.75) is 65.0 Å². The van der Waals surface area contributed by atoms with E-state index in [1.165, 1.54) is 4.90 Å². The highest BCUT2D eigenvalue weighted by Crippen LogP contribution is 2.22. The van der Waals surface area contributed by atoms with Gasteiger partial charge in [-0.05, 0) is 56.2 Å². The summed E-state index contributed by atoms with van der Waals surface area (Å²) in [6, 6.07) is 22.2. The van der Waals surface area contributed by atoms with Gasteiger partial charge in [-0.15, -0.1) is 5.10 Å². The van der Waals surface area contributed by atoms with Crippen LogP contribution >= 0.6 is 0 Å². The van der Waals surface area contributed by atoms with E-state index in [1.807, 2.05) is 42.5 Å². The highest BCUT2D eigenvalue weighted by molar-refractivity contribution is 6.21. The maximum Gasteiger partial charge on any atom is 0.407 e. The lowest BCUT2D eigenvalue weighted by molar-refractivity contribution is -0.149. The minimum atomic E-state index is -0.946. The van der Waals surface area contributed by atoms with E-state index in [9.17, 15) is 24.0 Å². The van der Waals surface area contributed by atoms with E-state index in [1.54, 1.807) is 68.0 Å². The Labute approximate surface area is 366 Å². The van der Waals surface area contributed by atoms with Gasteiger partial charge in [0.1, 0.15) is 36.3 Å². The molecule has 18 nitrogen and oxygen atoms in total. The third kappa shape index (κ3) is 16.9. The monoisotopic (exact) mass is 872 g/mol. The topological polar surface area (TPSA) is 208 Å². The van der Waals surface area contributed by atoms with Crippen molar-refractivity contribution < 1.29 is 57.1 Å². The van der Waals surface area contributed by atoms with Crippen molar-refractivity contribution in [3.63, 3.8) is 0 Å². The summed E-state index contributed by atoms with van der Waals surface area (Å²) in [5, 5.41) is 13.7. The molecule has 0 aliphatic carbocycles. The van der Waals surface area contributed by atoms with E-state index in [0.29, 0.717) is 68.7 Å². The van der Waals surface area contributed by atoms with Crippen LogP contribution in [0.25, 0.3) is 0 Å². The molecule has 338 valence electrons. The molecule has 1 aliphatic rings. The molecule has 5 rings (SSSR count). The van der Waals surface area contributed by atoms with Gasteiger partial charge in [0, 0.05) is 19.4 Å². The van der Waals surface area contributed by atoms with Gasteiger partial charge in [-0.1, -0.05) is 59.8 Å². The Balaban J connectivity index is 0.941. The average Bonchev–Trinajstić information content (AvgIpc) is 3.82. The number of imide groups is 1. The summed E-state index contributed by atoms with van der Waals surface area (Å²) in [6.07, 6.45) is 1.43. The average molecular weight is 873 g/mol. The van der Waals surface area contributed by atoms with E-state index in [0.717, 1.165) is 11.1 Å². The molecule has 3 aromatic carbocycles. The molecule has 18 heteroatoms. The molecule has 2 heterocycles. The van der Waals surface area contributed by atoms with Crippen LogP contribution in [0.5, 0.6) is 5.75 Å². The Morgan fingerprint density at radius 1 is 0.698 bits per heavy atom. The molecule has 0 radical (unpaired) electrons. The van der Waals surface area contributed by atoms with Crippen molar-refractivity contribution in [2.24, 2.45) is 0 Å². The second-order valence-electron chi connectivity index (χ2n) is 15.3. The van der Waals surface area contributed by atoms with Crippen LogP contribution in [0.2, 0.25) is 0 Å². The van der Waals surface area contributed by atoms with Crippen LogP contribution in [0.15, 0.2) is 85.1 Å². The highest BCUT2D eigenvalue weighted by atomic mass is 16.6. The van der Waals surface area contributed by atoms with Gasteiger partial charge >= 0.3 is 12.1 Å². The molecule has 0 bridgehead atoms. The number of benzene rings is 3. The Kier molecular flexibility index (Phi) is 19.0. The fourth-order valence-electron chi connectivity index (χ4n) is 6.03. The van der Waals surface area contributed by atoms with Crippen LogP contribution in [0, 0.1) is 0 Å². The normalized spacial score (nSPS) is 12.8. The summed E-state index contributed by atoms with van der Waals surface area (Å²) in [6.45, 7) is 8.69. The minimum absolute atomic E-state index is 0.0240. The van der Waals surface area contributed by atoms with Crippen LogP contribution in [-0.4, -0.2) is 127 Å². The molecule has 2 N–H and O–H groups in total. The zero-order valence-corrected chi connectivity index (χ0v) is 36.0. The molecule has 63 heavy (non-hydrogen) atoms. The molecule has 0 fully saturated rings. The van der Waals surface area contributed by atoms with Crippen LogP contribution in [0.1, 0.15) is 64.7 Å². The Morgan fingerprint density at radius 2 is 1.30 bits per heavy atom. The van der Waals surface area contributed by atoms with Crippen LogP contribution in [0.4, 0.5) is 4.79 Å². The summed E-state index contributed by atoms with van der Waals surface area (Å²) in [5.74, 6) is -0.987. The van der Waals surface area contributed by atoms with Gasteiger partial charge < -0.3 is 43.8 Å². The number of hydrogen-bond acceptors (Lipinski definition) is 14.